The smallest absolute Gasteiger partial charge is 0.326 e. The van der Waals surface area contributed by atoms with Crippen LogP contribution in [-0.2, 0) is 17.6 Å². The number of carbonyl (C=O) groups is 1. The van der Waals surface area contributed by atoms with E-state index in [1.54, 1.807) is 0 Å². The van der Waals surface area contributed by atoms with Gasteiger partial charge in [0.05, 0.1) is 4.99 Å². The van der Waals surface area contributed by atoms with Crippen molar-refractivity contribution in [3.05, 3.63) is 83.9 Å². The standard InChI is InChI=1S/C21H19NO2S/c23-21(24)19(13-15-7-2-1-3-8-15)22-20(25)14-17-11-6-10-16-9-4-5-12-18(16)17/h1-12,19H,13-14H2,(H,22,25)(H,23,24)/t19-/m0/s1. The molecule has 1 atom stereocenters. The fraction of sp³-hybridized carbons (Fsp3) is 0.143. The molecule has 0 bridgehead atoms. The second-order valence-corrected chi connectivity index (χ2v) is 6.46. The summed E-state index contributed by atoms with van der Waals surface area (Å²) in [6.07, 6.45) is 0.918. The molecule has 0 heterocycles. The first-order chi connectivity index (χ1) is 12.1. The van der Waals surface area contributed by atoms with Crippen LogP contribution in [0.25, 0.3) is 10.8 Å². The third-order valence-corrected chi connectivity index (χ3v) is 4.41. The van der Waals surface area contributed by atoms with Crippen LogP contribution in [0, 0.1) is 0 Å². The number of rotatable bonds is 6. The van der Waals surface area contributed by atoms with Gasteiger partial charge in [0.1, 0.15) is 6.04 Å². The molecule has 3 aromatic carbocycles. The Morgan fingerprint density at radius 2 is 1.64 bits per heavy atom. The summed E-state index contributed by atoms with van der Waals surface area (Å²) >= 11 is 5.44. The molecule has 3 nitrogen and oxygen atoms in total. The summed E-state index contributed by atoms with van der Waals surface area (Å²) in [6.45, 7) is 0. The van der Waals surface area contributed by atoms with Crippen LogP contribution in [0.4, 0.5) is 0 Å². The number of carboxylic acid groups (broad SMARTS) is 1. The van der Waals surface area contributed by atoms with Crippen LogP contribution in [-0.4, -0.2) is 22.1 Å². The van der Waals surface area contributed by atoms with Crippen LogP contribution < -0.4 is 5.32 Å². The zero-order valence-corrected chi connectivity index (χ0v) is 14.5. The van der Waals surface area contributed by atoms with E-state index in [9.17, 15) is 9.90 Å². The molecule has 2 N–H and O–H groups in total. The van der Waals surface area contributed by atoms with Crippen molar-refractivity contribution in [3.8, 4) is 0 Å². The van der Waals surface area contributed by atoms with E-state index >= 15 is 0 Å². The third kappa shape index (κ3) is 4.43. The van der Waals surface area contributed by atoms with Gasteiger partial charge in [-0.25, -0.2) is 4.79 Å². The third-order valence-electron chi connectivity index (χ3n) is 4.15. The minimum absolute atomic E-state index is 0.395. The maximum absolute atomic E-state index is 11.6. The lowest BCUT2D eigenvalue weighted by Gasteiger charge is -2.17. The molecular weight excluding hydrogens is 330 g/mol. The second kappa shape index (κ2) is 7.90. The van der Waals surface area contributed by atoms with Gasteiger partial charge in [-0.3, -0.25) is 0 Å². The van der Waals surface area contributed by atoms with Crippen LogP contribution in [0.3, 0.4) is 0 Å². The Morgan fingerprint density at radius 3 is 2.40 bits per heavy atom. The van der Waals surface area contributed by atoms with E-state index in [0.717, 1.165) is 21.9 Å². The van der Waals surface area contributed by atoms with Gasteiger partial charge >= 0.3 is 5.97 Å². The van der Waals surface area contributed by atoms with Crippen LogP contribution in [0.15, 0.2) is 72.8 Å². The predicted molar refractivity (Wildman–Crippen MR) is 105 cm³/mol. The van der Waals surface area contributed by atoms with Crippen molar-refractivity contribution in [2.45, 2.75) is 18.9 Å². The Morgan fingerprint density at radius 1 is 0.960 bits per heavy atom. The van der Waals surface area contributed by atoms with E-state index in [4.69, 9.17) is 12.2 Å². The van der Waals surface area contributed by atoms with E-state index < -0.39 is 12.0 Å². The van der Waals surface area contributed by atoms with E-state index in [2.05, 4.69) is 23.5 Å². The number of fused-ring (bicyclic) bond motifs is 1. The number of carboxylic acids is 1. The molecule has 0 fully saturated rings. The van der Waals surface area contributed by atoms with Gasteiger partial charge in [-0.05, 0) is 21.9 Å². The van der Waals surface area contributed by atoms with Crippen LogP contribution in [0.2, 0.25) is 0 Å². The Bertz CT molecular complexity index is 887. The highest BCUT2D eigenvalue weighted by molar-refractivity contribution is 7.80. The zero-order valence-electron chi connectivity index (χ0n) is 13.7. The number of thiocarbonyl (C=S) groups is 1. The first-order valence-corrected chi connectivity index (χ1v) is 8.57. The van der Waals surface area contributed by atoms with Gasteiger partial charge in [-0.2, -0.15) is 0 Å². The topological polar surface area (TPSA) is 49.3 Å². The predicted octanol–water partition coefficient (Wildman–Crippen LogP) is 4.00. The summed E-state index contributed by atoms with van der Waals surface area (Å²) in [7, 11) is 0. The van der Waals surface area contributed by atoms with E-state index in [-0.39, 0.29) is 0 Å². The Labute approximate surface area is 152 Å². The zero-order chi connectivity index (χ0) is 17.6. The van der Waals surface area contributed by atoms with Crippen LogP contribution in [0.5, 0.6) is 0 Å². The average molecular weight is 349 g/mol. The summed E-state index contributed by atoms with van der Waals surface area (Å²) in [6, 6.07) is 23.1. The van der Waals surface area contributed by atoms with Crippen molar-refractivity contribution in [1.82, 2.24) is 5.32 Å². The van der Waals surface area contributed by atoms with E-state index in [1.807, 2.05) is 54.6 Å². The molecule has 3 rings (SSSR count). The van der Waals surface area contributed by atoms with Gasteiger partial charge < -0.3 is 10.4 Å². The molecule has 0 unspecified atom stereocenters. The normalized spacial score (nSPS) is 11.8. The van der Waals surface area contributed by atoms with Crippen molar-refractivity contribution in [3.63, 3.8) is 0 Å². The van der Waals surface area contributed by atoms with Gasteiger partial charge in [0.15, 0.2) is 0 Å². The number of aliphatic carboxylic acids is 1. The van der Waals surface area contributed by atoms with Crippen molar-refractivity contribution in [2.24, 2.45) is 0 Å². The van der Waals surface area contributed by atoms with Crippen molar-refractivity contribution >= 4 is 33.9 Å². The summed E-state index contributed by atoms with van der Waals surface area (Å²) in [4.78, 5) is 12.1. The second-order valence-electron chi connectivity index (χ2n) is 5.96. The van der Waals surface area contributed by atoms with Gasteiger partial charge in [-0.1, -0.05) is 85.0 Å². The lowest BCUT2D eigenvalue weighted by atomic mass is 10.0. The molecule has 0 aliphatic heterocycles. The average Bonchev–Trinajstić information content (AvgIpc) is 2.62. The lowest BCUT2D eigenvalue weighted by molar-refractivity contribution is -0.139. The maximum atomic E-state index is 11.6. The van der Waals surface area contributed by atoms with Crippen molar-refractivity contribution in [1.29, 1.82) is 0 Å². The molecule has 0 aliphatic rings. The van der Waals surface area contributed by atoms with E-state index in [1.165, 1.54) is 0 Å². The Hall–Kier alpha value is -2.72. The number of hydrogen-bond acceptors (Lipinski definition) is 2. The van der Waals surface area contributed by atoms with E-state index in [0.29, 0.717) is 17.8 Å². The summed E-state index contributed by atoms with van der Waals surface area (Å²) < 4.78 is 0. The SMILES string of the molecule is O=C(O)[C@H](Cc1ccccc1)NC(=S)Cc1cccc2ccccc12. The van der Waals surface area contributed by atoms with Crippen LogP contribution in [0.1, 0.15) is 11.1 Å². The fourth-order valence-electron chi connectivity index (χ4n) is 2.91. The molecule has 126 valence electrons. The maximum Gasteiger partial charge on any atom is 0.326 e. The number of hydrogen-bond donors (Lipinski definition) is 2. The Balaban J connectivity index is 1.72. The number of nitrogens with one attached hydrogen (secondary N) is 1. The minimum atomic E-state index is -0.899. The molecule has 0 amide bonds. The molecule has 0 spiro atoms. The summed E-state index contributed by atoms with van der Waals surface area (Å²) in [5.74, 6) is -0.899. The van der Waals surface area contributed by atoms with Gasteiger partial charge in [0.25, 0.3) is 0 Å². The first-order valence-electron chi connectivity index (χ1n) is 8.16. The minimum Gasteiger partial charge on any atom is -0.480 e. The largest absolute Gasteiger partial charge is 0.480 e. The summed E-state index contributed by atoms with van der Waals surface area (Å²) in [5, 5.41) is 14.8. The molecule has 0 aliphatic carbocycles. The molecular formula is C21H19NO2S. The Kier molecular flexibility index (Phi) is 5.41. The van der Waals surface area contributed by atoms with Crippen molar-refractivity contribution in [2.75, 3.05) is 0 Å². The molecule has 4 heteroatoms. The molecule has 25 heavy (non-hydrogen) atoms. The number of benzene rings is 3. The van der Waals surface area contributed by atoms with Gasteiger partial charge in [0.2, 0.25) is 0 Å². The lowest BCUT2D eigenvalue weighted by Crippen LogP contribution is -2.42. The molecule has 0 saturated carbocycles. The molecule has 3 aromatic rings. The van der Waals surface area contributed by atoms with Gasteiger partial charge in [0, 0.05) is 12.8 Å². The van der Waals surface area contributed by atoms with Gasteiger partial charge in [-0.15, -0.1) is 0 Å². The first kappa shape index (κ1) is 17.1. The highest BCUT2D eigenvalue weighted by atomic mass is 32.1. The molecule has 0 radical (unpaired) electrons. The quantitative estimate of drug-likeness (QED) is 0.661. The molecule has 0 aromatic heterocycles. The van der Waals surface area contributed by atoms with Crippen molar-refractivity contribution < 1.29 is 9.90 Å². The summed E-state index contributed by atoms with van der Waals surface area (Å²) in [5.41, 5.74) is 2.06. The monoisotopic (exact) mass is 349 g/mol. The highest BCUT2D eigenvalue weighted by Crippen LogP contribution is 2.19. The molecule has 0 saturated heterocycles. The highest BCUT2D eigenvalue weighted by Gasteiger charge is 2.19. The fourth-order valence-corrected chi connectivity index (χ4v) is 3.21. The van der Waals surface area contributed by atoms with Crippen LogP contribution >= 0.6 is 12.2 Å².